The van der Waals surface area contributed by atoms with Crippen LogP contribution in [0.15, 0.2) is 59.5 Å². The summed E-state index contributed by atoms with van der Waals surface area (Å²) < 4.78 is 31.8. The van der Waals surface area contributed by atoms with Crippen molar-refractivity contribution in [1.82, 2.24) is 0 Å². The van der Waals surface area contributed by atoms with Gasteiger partial charge in [-0.3, -0.25) is 0 Å². The van der Waals surface area contributed by atoms with E-state index in [1.165, 1.54) is 12.1 Å². The largest absolute Gasteiger partial charge is 0.459 e. The summed E-state index contributed by atoms with van der Waals surface area (Å²) in [6.07, 6.45) is -0.737. The molecule has 0 aliphatic rings. The molecule has 3 N–H and O–H groups in total. The third kappa shape index (κ3) is 9.61. The third-order valence-electron chi connectivity index (χ3n) is 3.43. The van der Waals surface area contributed by atoms with E-state index in [0.29, 0.717) is 5.56 Å². The molecule has 0 amide bonds. The zero-order chi connectivity index (χ0) is 21.2. The molecule has 0 aliphatic heterocycles. The molecule has 0 radical (unpaired) electrons. The third-order valence-corrected chi connectivity index (χ3v) is 4.36. The van der Waals surface area contributed by atoms with Gasteiger partial charge in [0.05, 0.1) is 29.3 Å². The quantitative estimate of drug-likeness (QED) is 0.678. The minimum atomic E-state index is -3.52. The van der Waals surface area contributed by atoms with Crippen molar-refractivity contribution in [3.8, 4) is 0 Å². The molecule has 0 fully saturated rings. The van der Waals surface area contributed by atoms with Gasteiger partial charge in [0.25, 0.3) is 0 Å². The Morgan fingerprint density at radius 2 is 1.61 bits per heavy atom. The van der Waals surface area contributed by atoms with Crippen LogP contribution in [0, 0.1) is 6.92 Å². The lowest BCUT2D eigenvalue weighted by Crippen LogP contribution is -2.23. The molecule has 2 aromatic carbocycles. The van der Waals surface area contributed by atoms with Crippen LogP contribution in [-0.4, -0.2) is 44.9 Å². The van der Waals surface area contributed by atoms with Gasteiger partial charge in [0.15, 0.2) is 0 Å². The summed E-state index contributed by atoms with van der Waals surface area (Å²) >= 11 is 0. The number of carbonyl (C=O) groups excluding carboxylic acids is 1. The van der Waals surface area contributed by atoms with Crippen LogP contribution in [0.4, 0.5) is 0 Å². The lowest BCUT2D eigenvalue weighted by atomic mass is 10.2. The number of rotatable bonds is 7. The highest BCUT2D eigenvalue weighted by Crippen LogP contribution is 2.07. The molecule has 0 heterocycles. The maximum Gasteiger partial charge on any atom is 0.338 e. The number of esters is 1. The smallest absolute Gasteiger partial charge is 0.338 e. The highest BCUT2D eigenvalue weighted by molar-refractivity contribution is 7.89. The van der Waals surface area contributed by atoms with Crippen molar-refractivity contribution >= 4 is 16.0 Å². The summed E-state index contributed by atoms with van der Waals surface area (Å²) in [6, 6.07) is 15.2. The second kappa shape index (κ2) is 11.6. The van der Waals surface area contributed by atoms with Crippen LogP contribution in [0.1, 0.15) is 29.8 Å². The average Bonchev–Trinajstić information content (AvgIpc) is 2.65. The molecular weight excluding hydrogens is 382 g/mol. The fourth-order valence-corrected chi connectivity index (χ4v) is 2.45. The van der Waals surface area contributed by atoms with Gasteiger partial charge in [-0.15, -0.1) is 0 Å². The minimum absolute atomic E-state index is 0.156. The van der Waals surface area contributed by atoms with Crippen molar-refractivity contribution in [1.29, 1.82) is 0 Å². The first kappa shape index (κ1) is 23.8. The SMILES string of the molecule is CC(O)COC(C)COC(=O)c1ccccc1.Cc1ccc(S(N)(=O)=O)cc1. The number of hydrogen-bond donors (Lipinski definition) is 2. The Labute approximate surface area is 166 Å². The van der Waals surface area contributed by atoms with E-state index in [1.54, 1.807) is 50.2 Å². The molecule has 28 heavy (non-hydrogen) atoms. The van der Waals surface area contributed by atoms with Gasteiger partial charge >= 0.3 is 5.97 Å². The molecule has 8 heteroatoms. The standard InChI is InChI=1S/C13H18O4.C7H9NO2S/c1-10(14)8-16-11(2)9-17-13(15)12-6-4-3-5-7-12;1-6-2-4-7(5-3-6)11(8,9)10/h3-7,10-11,14H,8-9H2,1-2H3;2-5H,1H3,(H2,8,9,10). The van der Waals surface area contributed by atoms with Crippen LogP contribution < -0.4 is 5.14 Å². The summed E-state index contributed by atoms with van der Waals surface area (Å²) in [5, 5.41) is 13.9. The topological polar surface area (TPSA) is 116 Å². The van der Waals surface area contributed by atoms with E-state index in [4.69, 9.17) is 19.7 Å². The summed E-state index contributed by atoms with van der Waals surface area (Å²) in [5.41, 5.74) is 1.53. The number of aliphatic hydroxyl groups excluding tert-OH is 1. The van der Waals surface area contributed by atoms with Gasteiger partial charge in [0, 0.05) is 0 Å². The number of nitrogens with two attached hydrogens (primary N) is 1. The maximum atomic E-state index is 11.6. The first-order chi connectivity index (χ1) is 13.1. The molecule has 2 unspecified atom stereocenters. The molecule has 7 nitrogen and oxygen atoms in total. The molecule has 0 saturated heterocycles. The maximum absolute atomic E-state index is 11.6. The molecule has 154 valence electrons. The van der Waals surface area contributed by atoms with E-state index in [1.807, 2.05) is 13.0 Å². The minimum Gasteiger partial charge on any atom is -0.459 e. The Bertz CT molecular complexity index is 820. The molecule has 2 rings (SSSR count). The zero-order valence-corrected chi connectivity index (χ0v) is 17.1. The Kier molecular flexibility index (Phi) is 9.81. The highest BCUT2D eigenvalue weighted by Gasteiger charge is 2.10. The van der Waals surface area contributed by atoms with Gasteiger partial charge in [-0.05, 0) is 45.0 Å². The van der Waals surface area contributed by atoms with E-state index in [-0.39, 0.29) is 30.2 Å². The molecule has 2 aromatic rings. The summed E-state index contributed by atoms with van der Waals surface area (Å²) in [6.45, 7) is 5.74. The van der Waals surface area contributed by atoms with Crippen molar-refractivity contribution < 1.29 is 27.8 Å². The predicted molar refractivity (Wildman–Crippen MR) is 106 cm³/mol. The predicted octanol–water partition coefficient (Wildman–Crippen LogP) is 2.27. The Morgan fingerprint density at radius 3 is 2.11 bits per heavy atom. The highest BCUT2D eigenvalue weighted by atomic mass is 32.2. The average molecular weight is 410 g/mol. The summed E-state index contributed by atoms with van der Waals surface area (Å²) in [5.74, 6) is -0.363. The normalized spacial score (nSPS) is 13.0. The molecule has 0 saturated carbocycles. The van der Waals surface area contributed by atoms with E-state index < -0.39 is 16.1 Å². The van der Waals surface area contributed by atoms with E-state index in [0.717, 1.165) is 5.56 Å². The Balaban J connectivity index is 0.000000307. The van der Waals surface area contributed by atoms with Crippen LogP contribution in [0.25, 0.3) is 0 Å². The fraction of sp³-hybridized carbons (Fsp3) is 0.350. The molecule has 0 bridgehead atoms. The number of sulfonamides is 1. The fourth-order valence-electron chi connectivity index (χ4n) is 1.93. The number of hydrogen-bond acceptors (Lipinski definition) is 6. The van der Waals surface area contributed by atoms with Crippen LogP contribution >= 0.6 is 0 Å². The lowest BCUT2D eigenvalue weighted by molar-refractivity contribution is -0.0278. The van der Waals surface area contributed by atoms with Gasteiger partial charge in [0.2, 0.25) is 10.0 Å². The van der Waals surface area contributed by atoms with E-state index in [9.17, 15) is 13.2 Å². The van der Waals surface area contributed by atoms with Crippen molar-refractivity contribution in [2.24, 2.45) is 5.14 Å². The van der Waals surface area contributed by atoms with Crippen molar-refractivity contribution in [2.75, 3.05) is 13.2 Å². The summed E-state index contributed by atoms with van der Waals surface area (Å²) in [4.78, 5) is 11.7. The molecule has 0 spiro atoms. The number of aliphatic hydroxyl groups is 1. The van der Waals surface area contributed by atoms with Crippen LogP contribution in [0.5, 0.6) is 0 Å². The van der Waals surface area contributed by atoms with Gasteiger partial charge in [-0.1, -0.05) is 35.9 Å². The molecule has 0 aromatic heterocycles. The number of carbonyl (C=O) groups is 1. The molecule has 0 aliphatic carbocycles. The summed E-state index contributed by atoms with van der Waals surface area (Å²) in [7, 11) is -3.52. The molecular formula is C20H27NO6S. The number of benzene rings is 2. The van der Waals surface area contributed by atoms with Gasteiger partial charge in [-0.2, -0.15) is 0 Å². The number of aryl methyl sites for hydroxylation is 1. The van der Waals surface area contributed by atoms with Gasteiger partial charge in [0.1, 0.15) is 6.61 Å². The van der Waals surface area contributed by atoms with Crippen LogP contribution in [0.3, 0.4) is 0 Å². The van der Waals surface area contributed by atoms with Crippen LogP contribution in [0.2, 0.25) is 0 Å². The van der Waals surface area contributed by atoms with E-state index in [2.05, 4.69) is 0 Å². The Morgan fingerprint density at radius 1 is 1.04 bits per heavy atom. The zero-order valence-electron chi connectivity index (χ0n) is 16.2. The second-order valence-electron chi connectivity index (χ2n) is 6.32. The Hall–Kier alpha value is -2.26. The van der Waals surface area contributed by atoms with Gasteiger partial charge < -0.3 is 14.6 Å². The van der Waals surface area contributed by atoms with Crippen LogP contribution in [-0.2, 0) is 19.5 Å². The number of ether oxygens (including phenoxy) is 2. The first-order valence-electron chi connectivity index (χ1n) is 8.71. The van der Waals surface area contributed by atoms with Crippen molar-refractivity contribution in [2.45, 2.75) is 37.9 Å². The first-order valence-corrected chi connectivity index (χ1v) is 10.3. The second-order valence-corrected chi connectivity index (χ2v) is 7.88. The van der Waals surface area contributed by atoms with Crippen molar-refractivity contribution in [3.05, 3.63) is 65.7 Å². The molecule has 2 atom stereocenters. The monoisotopic (exact) mass is 409 g/mol. The van der Waals surface area contributed by atoms with Gasteiger partial charge in [-0.25, -0.2) is 18.4 Å². The number of primary sulfonamides is 1. The lowest BCUT2D eigenvalue weighted by Gasteiger charge is -2.14. The van der Waals surface area contributed by atoms with E-state index >= 15 is 0 Å². The van der Waals surface area contributed by atoms with Crippen molar-refractivity contribution in [3.63, 3.8) is 0 Å².